The lowest BCUT2D eigenvalue weighted by Gasteiger charge is -2.71. The SMILES string of the molecule is CCCCCCCCOCCOCC(O)CSCC(NC(=O)C1OC(O[C@H]2CC[C@@]3(C)C(CC[C@]4(C)C3CC=C3C5CC(C)(C)CC[C@]5(C(=O)OC5OC(C)C(O)C(O)C5OC5OC(C)C(O)C(OC)C5OC5OC(CO)C(O)C(O)C5O)[C@H](O)C[C@]34C)[C@]2(C)C=O)C(OC2OC(CO)C(O)C(O)C2O)C(OC2OCC(O)C(O)C2O)C1O)C(=O)O. The number of carbonyl (C=O) groups is 4. The van der Waals surface area contributed by atoms with E-state index in [1.807, 2.05) is 0 Å². The molecule has 11 rings (SSSR count). The van der Waals surface area contributed by atoms with Crippen LogP contribution in [0.1, 0.15) is 159 Å². The van der Waals surface area contributed by atoms with Crippen molar-refractivity contribution >= 4 is 35.9 Å². The minimum absolute atomic E-state index is 0.0196. The van der Waals surface area contributed by atoms with E-state index in [1.165, 1.54) is 33.8 Å². The van der Waals surface area contributed by atoms with Crippen LogP contribution in [0.3, 0.4) is 0 Å². The normalized spacial score (nSPS) is 47.2. The maximum absolute atomic E-state index is 16.0. The van der Waals surface area contributed by atoms with Gasteiger partial charge in [0, 0.05) is 25.2 Å². The zero-order valence-corrected chi connectivity index (χ0v) is 71.4. The van der Waals surface area contributed by atoms with Gasteiger partial charge in [0.15, 0.2) is 43.7 Å². The van der Waals surface area contributed by atoms with Crippen molar-refractivity contribution in [3.63, 3.8) is 0 Å². The molecule has 5 aliphatic carbocycles. The summed E-state index contributed by atoms with van der Waals surface area (Å²) < 4.78 is 91.7. The molecular formula is C82H135NO37S. The summed E-state index contributed by atoms with van der Waals surface area (Å²) in [7, 11) is 1.23. The van der Waals surface area contributed by atoms with Crippen molar-refractivity contribution in [2.24, 2.45) is 50.2 Å². The highest BCUT2D eigenvalue weighted by Crippen LogP contribution is 2.76. The van der Waals surface area contributed by atoms with Gasteiger partial charge in [0.25, 0.3) is 5.91 Å². The summed E-state index contributed by atoms with van der Waals surface area (Å²) in [6.45, 7) is 15.8. The van der Waals surface area contributed by atoms with Crippen molar-refractivity contribution in [1.82, 2.24) is 5.32 Å². The first-order chi connectivity index (χ1) is 57.2. The van der Waals surface area contributed by atoms with Gasteiger partial charge < -0.3 is 173 Å². The summed E-state index contributed by atoms with van der Waals surface area (Å²) in [5.41, 5.74) is -5.10. The van der Waals surface area contributed by atoms with Crippen molar-refractivity contribution in [3.05, 3.63) is 11.6 Å². The standard InChI is InChI=1S/C82H135NO37S/c1-11-12-13-14-15-16-25-107-26-27-108-32-39(87)34-121-35-42(69(103)104)83-68(102)64-61(101)63(115-70-58(98)52(92)43(88)33-109-70)67(119-72-60(100)56(96)54(94)45(31-85)113-72)75(116-64)114-49-20-21-78(6)46(79(49,7)36-86)19-22-80(8)47(78)18-17-40-41-28-77(4,5)23-24-82(41,48(89)29-81(40,80)9)76(105)120-73-65(57(97)50(90)37(2)110-73)117-74-66(62(106-10)51(91)38(3)111-74)118-71-59(99)55(95)53(93)44(30-84)112-71/h17,36-39,41-67,70-75,84-85,87-101H,11-16,18-35H2,1-10H3,(H,83,102)(H,103,104)/t37?,38?,39?,41?,42?,43?,44?,45?,46?,47?,48-,49+,50?,51?,52?,53?,54?,55?,56?,57?,58?,59?,60?,61?,62?,63?,64?,65?,66?,67?,70?,71?,72?,73?,74?,75?,78+,79+,80-,81-,82-/m1/s1. The molecule has 19 N–H and O–H groups in total. The number of aldehydes is 1. The molecule has 6 heterocycles. The Balaban J connectivity index is 0.857. The van der Waals surface area contributed by atoms with Crippen molar-refractivity contribution in [1.29, 1.82) is 0 Å². The third-order valence-corrected chi connectivity index (χ3v) is 30.1. The number of hydrogen-bond acceptors (Lipinski definition) is 37. The molecule has 0 spiro atoms. The molecule has 6 aliphatic heterocycles. The Bertz CT molecular complexity index is 3410. The van der Waals surface area contributed by atoms with E-state index >= 15 is 4.79 Å². The summed E-state index contributed by atoms with van der Waals surface area (Å²) in [5, 5.41) is 204. The number of fused-ring (bicyclic) bond motifs is 7. The number of amides is 1. The highest BCUT2D eigenvalue weighted by atomic mass is 32.2. The molecule has 0 radical (unpaired) electrons. The van der Waals surface area contributed by atoms with Crippen LogP contribution in [-0.2, 0) is 90.2 Å². The third kappa shape index (κ3) is 19.9. The maximum atomic E-state index is 16.0. The van der Waals surface area contributed by atoms with Crippen LogP contribution in [0.15, 0.2) is 11.6 Å². The van der Waals surface area contributed by atoms with Gasteiger partial charge in [-0.05, 0) is 117 Å². The molecule has 34 unspecified atom stereocenters. The number of carboxylic acids is 1. The fourth-order valence-corrected chi connectivity index (χ4v) is 22.4. The van der Waals surface area contributed by atoms with Gasteiger partial charge in [0.1, 0.15) is 134 Å². The molecule has 4 saturated carbocycles. The Morgan fingerprint density at radius 1 is 0.579 bits per heavy atom. The minimum atomic E-state index is -2.32. The van der Waals surface area contributed by atoms with Crippen molar-refractivity contribution < 1.29 is 182 Å². The molecule has 0 aromatic rings. The largest absolute Gasteiger partial charge is 0.480 e. The Morgan fingerprint density at radius 3 is 1.79 bits per heavy atom. The molecule has 38 nitrogen and oxygen atoms in total. The number of aliphatic hydroxyl groups excluding tert-OH is 17. The Hall–Kier alpha value is -3.07. The van der Waals surface area contributed by atoms with Crippen molar-refractivity contribution in [3.8, 4) is 0 Å². The van der Waals surface area contributed by atoms with Crippen LogP contribution in [0.5, 0.6) is 0 Å². The van der Waals surface area contributed by atoms with E-state index in [9.17, 15) is 106 Å². The number of rotatable bonds is 35. The zero-order chi connectivity index (χ0) is 88.5. The van der Waals surface area contributed by atoms with Gasteiger partial charge in [-0.1, -0.05) is 92.2 Å². The van der Waals surface area contributed by atoms with Crippen LogP contribution >= 0.6 is 11.8 Å². The second-order valence-electron chi connectivity index (χ2n) is 37.1. The van der Waals surface area contributed by atoms with Gasteiger partial charge >= 0.3 is 11.9 Å². The third-order valence-electron chi connectivity index (χ3n) is 28.9. The number of aliphatic hydroxyl groups is 17. The topological polar surface area (TPSA) is 583 Å². The monoisotopic (exact) mass is 1760 g/mol. The second kappa shape index (κ2) is 40.9. The quantitative estimate of drug-likeness (QED) is 0.0100. The summed E-state index contributed by atoms with van der Waals surface area (Å²) in [5.74, 6) is -5.67. The molecular weight excluding hydrogens is 1620 g/mol. The van der Waals surface area contributed by atoms with Crippen molar-refractivity contribution in [2.45, 2.75) is 361 Å². The molecule has 6 saturated heterocycles. The maximum Gasteiger partial charge on any atom is 0.327 e. The highest BCUT2D eigenvalue weighted by molar-refractivity contribution is 7.99. The first kappa shape index (κ1) is 98.5. The highest BCUT2D eigenvalue weighted by Gasteiger charge is 2.73. The van der Waals surface area contributed by atoms with E-state index < -0.39 is 284 Å². The predicted molar refractivity (Wildman–Crippen MR) is 417 cm³/mol. The molecule has 10 fully saturated rings. The molecule has 11 aliphatic rings. The zero-order valence-electron chi connectivity index (χ0n) is 70.6. The fraction of sp³-hybridized carbons (Fsp3) is 0.927. The van der Waals surface area contributed by atoms with E-state index in [0.717, 1.165) is 49.3 Å². The van der Waals surface area contributed by atoms with Gasteiger partial charge in [0.2, 0.25) is 6.29 Å². The molecule has 0 bridgehead atoms. The molecule has 696 valence electrons. The number of unbranched alkanes of at least 4 members (excludes halogenated alkanes) is 5. The molecule has 0 aromatic carbocycles. The molecule has 0 aromatic heterocycles. The fourth-order valence-electron chi connectivity index (χ4n) is 21.5. The van der Waals surface area contributed by atoms with E-state index in [-0.39, 0.29) is 49.9 Å². The Labute approximate surface area is 708 Å². The van der Waals surface area contributed by atoms with Crippen LogP contribution in [0.4, 0.5) is 0 Å². The first-order valence-corrected chi connectivity index (χ1v) is 44.1. The minimum Gasteiger partial charge on any atom is -0.480 e. The van der Waals surface area contributed by atoms with E-state index in [4.69, 9.17) is 71.1 Å². The van der Waals surface area contributed by atoms with Crippen LogP contribution < -0.4 is 5.32 Å². The van der Waals surface area contributed by atoms with Crippen LogP contribution in [0, 0.1) is 50.2 Å². The van der Waals surface area contributed by atoms with Gasteiger partial charge in [0.05, 0.1) is 75.6 Å². The summed E-state index contributed by atoms with van der Waals surface area (Å²) in [4.78, 5) is 58.5. The summed E-state index contributed by atoms with van der Waals surface area (Å²) in [6.07, 6.45) is -44.5. The molecule has 1 amide bonds. The predicted octanol–water partition coefficient (Wildman–Crippen LogP) is -2.82. The Morgan fingerprint density at radius 2 is 1.17 bits per heavy atom. The number of allylic oxidation sites excluding steroid dienone is 2. The number of esters is 1. The van der Waals surface area contributed by atoms with Gasteiger partial charge in [-0.25, -0.2) is 4.79 Å². The van der Waals surface area contributed by atoms with Crippen LogP contribution in [-0.4, -0.2) is 383 Å². The van der Waals surface area contributed by atoms with Gasteiger partial charge in [-0.15, -0.1) is 0 Å². The summed E-state index contributed by atoms with van der Waals surface area (Å²) >= 11 is 0.955. The second-order valence-corrected chi connectivity index (χ2v) is 38.2. The number of ether oxygens (including phenoxy) is 15. The number of carbonyl (C=O) groups excluding carboxylic acids is 3. The average Bonchev–Trinajstić information content (AvgIpc) is 0.669. The van der Waals surface area contributed by atoms with E-state index in [0.29, 0.717) is 51.7 Å². The van der Waals surface area contributed by atoms with Crippen molar-refractivity contribution in [2.75, 3.05) is 64.9 Å². The molecule has 39 heteroatoms. The number of aliphatic carboxylic acids is 1. The lowest BCUT2D eigenvalue weighted by molar-refractivity contribution is -0.391. The van der Waals surface area contributed by atoms with E-state index in [1.54, 1.807) is 6.92 Å². The number of thioether (sulfide) groups is 1. The van der Waals surface area contributed by atoms with Gasteiger partial charge in [-0.2, -0.15) is 11.8 Å². The molecule has 121 heavy (non-hydrogen) atoms. The number of nitrogens with one attached hydrogen (secondary N) is 1. The molecule has 41 atom stereocenters. The lowest BCUT2D eigenvalue weighted by Crippen LogP contribution is -2.70. The first-order valence-electron chi connectivity index (χ1n) is 42.9. The smallest absolute Gasteiger partial charge is 0.327 e. The van der Waals surface area contributed by atoms with Gasteiger partial charge in [-0.3, -0.25) is 9.59 Å². The lowest BCUT2D eigenvalue weighted by atomic mass is 9.33. The number of hydrogen-bond donors (Lipinski definition) is 19. The summed E-state index contributed by atoms with van der Waals surface area (Å²) in [6, 6.07) is -1.73. The van der Waals surface area contributed by atoms with Crippen LogP contribution in [0.25, 0.3) is 0 Å². The Kier molecular flexibility index (Phi) is 33.3. The average molecular weight is 1760 g/mol. The van der Waals surface area contributed by atoms with E-state index in [2.05, 4.69) is 52.9 Å². The van der Waals surface area contributed by atoms with Crippen LogP contribution in [0.2, 0.25) is 0 Å². The number of methoxy groups -OCH3 is 1. The number of carboxylic acid groups (broad SMARTS) is 1.